The van der Waals surface area contributed by atoms with Crippen LogP contribution in [0.1, 0.15) is 11.3 Å². The fourth-order valence-corrected chi connectivity index (χ4v) is 1.15. The van der Waals surface area contributed by atoms with Crippen molar-refractivity contribution in [3.63, 3.8) is 0 Å². The number of anilines is 1. The second kappa shape index (κ2) is 4.78. The Labute approximate surface area is 88.5 Å². The zero-order valence-electron chi connectivity index (χ0n) is 8.57. The van der Waals surface area contributed by atoms with E-state index >= 15 is 0 Å². The molecule has 1 aromatic heterocycles. The number of hydrogen-bond acceptors (Lipinski definition) is 4. The predicted molar refractivity (Wildman–Crippen MR) is 56.6 cm³/mol. The Kier molecular flexibility index (Phi) is 3.43. The summed E-state index contributed by atoms with van der Waals surface area (Å²) in [6, 6.07) is 7.31. The number of nitriles is 2. The molecule has 0 aromatic carbocycles. The normalized spacial score (nSPS) is 8.53. The molecule has 1 heterocycles. The first kappa shape index (κ1) is 10.7. The lowest BCUT2D eigenvalue weighted by molar-refractivity contribution is 1.17. The summed E-state index contributed by atoms with van der Waals surface area (Å²) < 4.78 is 0. The smallest absolute Gasteiger partial charge is 0.145 e. The Morgan fingerprint density at radius 2 is 2.00 bits per heavy atom. The molecule has 1 rings (SSSR count). The van der Waals surface area contributed by atoms with Gasteiger partial charge in [-0.25, -0.2) is 4.98 Å². The lowest BCUT2D eigenvalue weighted by atomic mass is 10.2. The van der Waals surface area contributed by atoms with E-state index in [0.717, 1.165) is 11.3 Å². The average molecular weight is 198 g/mol. The fourth-order valence-electron chi connectivity index (χ4n) is 1.15. The maximum absolute atomic E-state index is 8.51. The Hall–Kier alpha value is -2.33. The minimum atomic E-state index is 0.0240. The van der Waals surface area contributed by atoms with Crippen molar-refractivity contribution in [1.29, 1.82) is 10.5 Å². The summed E-state index contributed by atoms with van der Waals surface area (Å²) in [5.41, 5.74) is 1.99. The van der Waals surface area contributed by atoms with Gasteiger partial charge in [-0.3, -0.25) is 0 Å². The summed E-state index contributed by atoms with van der Waals surface area (Å²) in [6.45, 7) is 3.84. The second-order valence-electron chi connectivity index (χ2n) is 3.10. The number of rotatable bonds is 2. The van der Waals surface area contributed by atoms with Crippen LogP contribution in [0.2, 0.25) is 0 Å². The van der Waals surface area contributed by atoms with E-state index in [1.54, 1.807) is 12.1 Å². The highest BCUT2D eigenvalue weighted by Crippen LogP contribution is 2.09. The van der Waals surface area contributed by atoms with Gasteiger partial charge in [-0.2, -0.15) is 10.5 Å². The molecule has 0 fully saturated rings. The van der Waals surface area contributed by atoms with Gasteiger partial charge in [-0.1, -0.05) is 0 Å². The molecule has 0 saturated carbocycles. The summed E-state index contributed by atoms with van der Waals surface area (Å²) in [7, 11) is 0. The molecular formula is C11H10N4. The first-order valence-corrected chi connectivity index (χ1v) is 4.38. The van der Waals surface area contributed by atoms with E-state index in [4.69, 9.17) is 10.5 Å². The van der Waals surface area contributed by atoms with Gasteiger partial charge in [0.25, 0.3) is 0 Å². The molecule has 4 nitrogen and oxygen atoms in total. The van der Waals surface area contributed by atoms with Gasteiger partial charge in [-0.05, 0) is 31.5 Å². The number of aryl methyl sites for hydroxylation is 2. The molecule has 74 valence electrons. The molecule has 0 bridgehead atoms. The van der Waals surface area contributed by atoms with Crippen molar-refractivity contribution in [2.75, 3.05) is 5.32 Å². The van der Waals surface area contributed by atoms with Crippen molar-refractivity contribution in [3.05, 3.63) is 35.2 Å². The van der Waals surface area contributed by atoms with Crippen LogP contribution in [0.4, 0.5) is 5.82 Å². The molecule has 0 aliphatic carbocycles. The van der Waals surface area contributed by atoms with Gasteiger partial charge in [0.15, 0.2) is 0 Å². The maximum atomic E-state index is 8.51. The molecule has 0 aliphatic heterocycles. The van der Waals surface area contributed by atoms with Crippen LogP contribution in [-0.4, -0.2) is 4.98 Å². The quantitative estimate of drug-likeness (QED) is 0.738. The van der Waals surface area contributed by atoms with E-state index in [1.807, 2.05) is 26.0 Å². The third-order valence-electron chi connectivity index (χ3n) is 1.70. The summed E-state index contributed by atoms with van der Waals surface area (Å²) >= 11 is 0. The molecule has 0 unspecified atom stereocenters. The molecular weight excluding hydrogens is 188 g/mol. The lowest BCUT2D eigenvalue weighted by Crippen LogP contribution is -1.95. The van der Waals surface area contributed by atoms with E-state index in [9.17, 15) is 0 Å². The summed E-state index contributed by atoms with van der Waals surface area (Å²) in [5, 5.41) is 19.8. The number of nitrogens with one attached hydrogen (secondary N) is 1. The first-order chi connectivity index (χ1) is 7.15. The molecule has 0 radical (unpaired) electrons. The zero-order valence-corrected chi connectivity index (χ0v) is 8.57. The van der Waals surface area contributed by atoms with Gasteiger partial charge in [0.05, 0.1) is 0 Å². The molecule has 15 heavy (non-hydrogen) atoms. The Morgan fingerprint density at radius 1 is 1.33 bits per heavy atom. The number of aromatic nitrogens is 1. The molecule has 1 aromatic rings. The van der Waals surface area contributed by atoms with Crippen molar-refractivity contribution < 1.29 is 0 Å². The Morgan fingerprint density at radius 3 is 2.53 bits per heavy atom. The van der Waals surface area contributed by atoms with E-state index < -0.39 is 0 Å². The van der Waals surface area contributed by atoms with Gasteiger partial charge >= 0.3 is 0 Å². The first-order valence-electron chi connectivity index (χ1n) is 4.38. The van der Waals surface area contributed by atoms with Crippen LogP contribution in [0.5, 0.6) is 0 Å². The molecule has 0 aliphatic rings. The number of allylic oxidation sites excluding steroid dienone is 1. The zero-order chi connectivity index (χ0) is 11.3. The van der Waals surface area contributed by atoms with Gasteiger partial charge < -0.3 is 5.32 Å². The van der Waals surface area contributed by atoms with Gasteiger partial charge in [0, 0.05) is 11.9 Å². The van der Waals surface area contributed by atoms with E-state index in [-0.39, 0.29) is 5.57 Å². The highest BCUT2D eigenvalue weighted by molar-refractivity contribution is 5.46. The third-order valence-corrected chi connectivity index (χ3v) is 1.70. The largest absolute Gasteiger partial charge is 0.345 e. The van der Waals surface area contributed by atoms with Crippen LogP contribution < -0.4 is 5.32 Å². The minimum Gasteiger partial charge on any atom is -0.345 e. The van der Waals surface area contributed by atoms with Crippen molar-refractivity contribution >= 4 is 5.82 Å². The summed E-state index contributed by atoms with van der Waals surface area (Å²) in [4.78, 5) is 4.20. The standard InChI is InChI=1S/C11H10N4/c1-8-3-9(2)15-11(4-8)14-7-10(5-12)6-13/h3-4,7H,1-2H3,(H,14,15). The average Bonchev–Trinajstić information content (AvgIpc) is 2.18. The number of nitrogens with zero attached hydrogens (tertiary/aromatic N) is 3. The molecule has 0 saturated heterocycles. The number of hydrogen-bond donors (Lipinski definition) is 1. The Balaban J connectivity index is 2.88. The summed E-state index contributed by atoms with van der Waals surface area (Å²) in [6.07, 6.45) is 1.35. The lowest BCUT2D eigenvalue weighted by Gasteiger charge is -2.02. The fraction of sp³-hybridized carbons (Fsp3) is 0.182. The molecule has 0 atom stereocenters. The van der Waals surface area contributed by atoms with E-state index in [2.05, 4.69) is 10.3 Å². The summed E-state index contributed by atoms with van der Waals surface area (Å²) in [5.74, 6) is 0.635. The molecule has 0 amide bonds. The van der Waals surface area contributed by atoms with Crippen LogP contribution in [0.3, 0.4) is 0 Å². The van der Waals surface area contributed by atoms with Gasteiger partial charge in [0.1, 0.15) is 23.5 Å². The highest BCUT2D eigenvalue weighted by Gasteiger charge is 1.96. The Bertz CT molecular complexity index is 438. The van der Waals surface area contributed by atoms with Crippen molar-refractivity contribution in [2.45, 2.75) is 13.8 Å². The molecule has 1 N–H and O–H groups in total. The SMILES string of the molecule is Cc1cc(C)nc(NC=C(C#N)C#N)c1. The third kappa shape index (κ3) is 3.13. The highest BCUT2D eigenvalue weighted by atomic mass is 15.0. The van der Waals surface area contributed by atoms with Crippen molar-refractivity contribution in [3.8, 4) is 12.1 Å². The minimum absolute atomic E-state index is 0.0240. The molecule has 0 spiro atoms. The maximum Gasteiger partial charge on any atom is 0.145 e. The van der Waals surface area contributed by atoms with Gasteiger partial charge in [-0.15, -0.1) is 0 Å². The topological polar surface area (TPSA) is 72.5 Å². The molecule has 4 heteroatoms. The monoisotopic (exact) mass is 198 g/mol. The van der Waals surface area contributed by atoms with Gasteiger partial charge in [0.2, 0.25) is 0 Å². The second-order valence-corrected chi connectivity index (χ2v) is 3.10. The number of pyridine rings is 1. The van der Waals surface area contributed by atoms with Crippen LogP contribution in [0, 0.1) is 36.5 Å². The van der Waals surface area contributed by atoms with Crippen LogP contribution in [-0.2, 0) is 0 Å². The van der Waals surface area contributed by atoms with Crippen LogP contribution >= 0.6 is 0 Å². The van der Waals surface area contributed by atoms with Crippen molar-refractivity contribution in [2.24, 2.45) is 0 Å². The van der Waals surface area contributed by atoms with Crippen molar-refractivity contribution in [1.82, 2.24) is 4.98 Å². The predicted octanol–water partition coefficient (Wildman–Crippen LogP) is 2.04. The van der Waals surface area contributed by atoms with Crippen LogP contribution in [0.15, 0.2) is 23.9 Å². The van der Waals surface area contributed by atoms with Crippen LogP contribution in [0.25, 0.3) is 0 Å². The van der Waals surface area contributed by atoms with E-state index in [0.29, 0.717) is 5.82 Å². The van der Waals surface area contributed by atoms with E-state index in [1.165, 1.54) is 6.20 Å².